The zero-order chi connectivity index (χ0) is 8.15. The van der Waals surface area contributed by atoms with E-state index >= 15 is 0 Å². The van der Waals surface area contributed by atoms with Crippen LogP contribution in [-0.4, -0.2) is 23.6 Å². The molecule has 0 saturated carbocycles. The van der Waals surface area contributed by atoms with Gasteiger partial charge in [-0.15, -0.1) is 0 Å². The lowest BCUT2D eigenvalue weighted by Crippen LogP contribution is -2.15. The Labute approximate surface area is 80.7 Å². The van der Waals surface area contributed by atoms with E-state index in [1.165, 1.54) is 0 Å². The fourth-order valence-electron chi connectivity index (χ4n) is 1.43. The van der Waals surface area contributed by atoms with Crippen molar-refractivity contribution in [2.75, 3.05) is 0 Å². The van der Waals surface area contributed by atoms with Crippen molar-refractivity contribution >= 4 is 23.6 Å². The van der Waals surface area contributed by atoms with Crippen LogP contribution < -0.4 is 0 Å². The molecular weight excluding hydrogens is 151 g/mol. The second kappa shape index (κ2) is 6.88. The van der Waals surface area contributed by atoms with E-state index in [0.29, 0.717) is 17.8 Å². The maximum absolute atomic E-state index is 10.2. The fourth-order valence-corrected chi connectivity index (χ4v) is 1.43. The zero-order valence-corrected chi connectivity index (χ0v) is 7.42. The minimum atomic E-state index is 0. The number of hydrogen-bond donors (Lipinski definition) is 0. The first-order chi connectivity index (χ1) is 4.59. The van der Waals surface area contributed by atoms with Crippen LogP contribution in [0.3, 0.4) is 0 Å². The molecule has 0 amide bonds. The molecule has 0 spiro atoms. The molecular formula is C9H21AlO. The summed E-state index contributed by atoms with van der Waals surface area (Å²) in [6.45, 7) is 8.70. The van der Waals surface area contributed by atoms with Gasteiger partial charge in [0, 0.05) is 6.42 Å². The molecule has 0 heterocycles. The average molecular weight is 172 g/mol. The predicted octanol–water partition coefficient (Wildman–Crippen LogP) is 1.32. The molecule has 0 aromatic rings. The van der Waals surface area contributed by atoms with E-state index in [0.717, 1.165) is 12.7 Å². The van der Waals surface area contributed by atoms with E-state index < -0.39 is 0 Å². The standard InChI is InChI=1S/C9H18O.Al.3H/c1-7(2)9(5-6-10)8(3)4;;;;/h6-9H,5H2,1-4H3;;;;. The smallest absolute Gasteiger partial charge is 0.187 e. The average Bonchev–Trinajstić information content (AvgIpc) is 1.81. The van der Waals surface area contributed by atoms with Crippen molar-refractivity contribution in [3.8, 4) is 0 Å². The van der Waals surface area contributed by atoms with Crippen LogP contribution in [0, 0.1) is 17.8 Å². The molecule has 0 rings (SSSR count). The number of hydrogen-bond acceptors (Lipinski definition) is 1. The zero-order valence-electron chi connectivity index (χ0n) is 7.42. The molecule has 11 heavy (non-hydrogen) atoms. The van der Waals surface area contributed by atoms with Gasteiger partial charge in [0.15, 0.2) is 17.4 Å². The van der Waals surface area contributed by atoms with Gasteiger partial charge in [-0.25, -0.2) is 0 Å². The SMILES string of the molecule is CC(C)C(CC=O)C(C)C.[AlH3]. The minimum Gasteiger partial charge on any atom is -0.303 e. The summed E-state index contributed by atoms with van der Waals surface area (Å²) >= 11 is 0. The Bertz CT molecular complexity index is 91.7. The van der Waals surface area contributed by atoms with Gasteiger partial charge in [-0.1, -0.05) is 27.7 Å². The highest BCUT2D eigenvalue weighted by molar-refractivity contribution is 5.75. The van der Waals surface area contributed by atoms with Gasteiger partial charge in [0.2, 0.25) is 0 Å². The summed E-state index contributed by atoms with van der Waals surface area (Å²) in [5, 5.41) is 0. The van der Waals surface area contributed by atoms with Crippen molar-refractivity contribution in [3.63, 3.8) is 0 Å². The van der Waals surface area contributed by atoms with E-state index in [2.05, 4.69) is 27.7 Å². The Balaban J connectivity index is 0. The highest BCUT2D eigenvalue weighted by Crippen LogP contribution is 2.22. The Morgan fingerprint density at radius 3 is 1.55 bits per heavy atom. The maximum atomic E-state index is 10.2. The molecule has 0 aliphatic rings. The van der Waals surface area contributed by atoms with E-state index in [1.807, 2.05) is 0 Å². The maximum Gasteiger partial charge on any atom is 0.187 e. The molecule has 1 nitrogen and oxygen atoms in total. The second-order valence-corrected chi connectivity index (χ2v) is 3.55. The van der Waals surface area contributed by atoms with Gasteiger partial charge in [-0.3, -0.25) is 0 Å². The van der Waals surface area contributed by atoms with Crippen LogP contribution in [0.2, 0.25) is 0 Å². The van der Waals surface area contributed by atoms with Gasteiger partial charge < -0.3 is 4.79 Å². The predicted molar refractivity (Wildman–Crippen MR) is 53.8 cm³/mol. The number of carbonyl (C=O) groups excluding carboxylic acids is 1. The van der Waals surface area contributed by atoms with Crippen molar-refractivity contribution in [2.45, 2.75) is 34.1 Å². The largest absolute Gasteiger partial charge is 0.303 e. The molecule has 0 radical (unpaired) electrons. The Morgan fingerprint density at radius 2 is 1.45 bits per heavy atom. The van der Waals surface area contributed by atoms with Crippen LogP contribution >= 0.6 is 0 Å². The fraction of sp³-hybridized carbons (Fsp3) is 0.889. The number of carbonyl (C=O) groups is 1. The quantitative estimate of drug-likeness (QED) is 0.461. The Morgan fingerprint density at radius 1 is 1.09 bits per heavy atom. The summed E-state index contributed by atoms with van der Waals surface area (Å²) in [6.07, 6.45) is 1.75. The lowest BCUT2D eigenvalue weighted by Gasteiger charge is -2.21. The summed E-state index contributed by atoms with van der Waals surface area (Å²) < 4.78 is 0. The van der Waals surface area contributed by atoms with Crippen molar-refractivity contribution in [3.05, 3.63) is 0 Å². The lowest BCUT2D eigenvalue weighted by atomic mass is 9.84. The third-order valence-electron chi connectivity index (χ3n) is 2.08. The molecule has 0 fully saturated rings. The minimum absolute atomic E-state index is 0. The van der Waals surface area contributed by atoms with Crippen LogP contribution in [0.4, 0.5) is 0 Å². The van der Waals surface area contributed by atoms with E-state index in [-0.39, 0.29) is 17.4 Å². The lowest BCUT2D eigenvalue weighted by molar-refractivity contribution is -0.109. The van der Waals surface area contributed by atoms with Gasteiger partial charge in [-0.05, 0) is 17.8 Å². The third-order valence-corrected chi connectivity index (χ3v) is 2.08. The molecule has 0 saturated heterocycles. The molecule has 0 unspecified atom stereocenters. The first-order valence-electron chi connectivity index (χ1n) is 4.03. The molecule has 0 N–H and O–H groups in total. The Hall–Kier alpha value is 0.202. The first-order valence-corrected chi connectivity index (χ1v) is 4.03. The van der Waals surface area contributed by atoms with Gasteiger partial charge in [-0.2, -0.15) is 0 Å². The molecule has 0 aliphatic carbocycles. The molecule has 66 valence electrons. The van der Waals surface area contributed by atoms with Crippen LogP contribution in [-0.2, 0) is 4.79 Å². The monoisotopic (exact) mass is 172 g/mol. The van der Waals surface area contributed by atoms with Gasteiger partial charge in [0.1, 0.15) is 6.29 Å². The normalized spacial score (nSPS) is 10.5. The van der Waals surface area contributed by atoms with E-state index in [1.54, 1.807) is 0 Å². The first kappa shape index (κ1) is 13.8. The van der Waals surface area contributed by atoms with Crippen molar-refractivity contribution < 1.29 is 4.79 Å². The Kier molecular flexibility index (Phi) is 8.62. The molecule has 2 heteroatoms. The summed E-state index contributed by atoms with van der Waals surface area (Å²) in [6, 6.07) is 0. The topological polar surface area (TPSA) is 17.1 Å². The van der Waals surface area contributed by atoms with Crippen LogP contribution in [0.1, 0.15) is 34.1 Å². The van der Waals surface area contributed by atoms with E-state index in [4.69, 9.17) is 0 Å². The van der Waals surface area contributed by atoms with Crippen LogP contribution in [0.15, 0.2) is 0 Å². The molecule has 0 aromatic carbocycles. The summed E-state index contributed by atoms with van der Waals surface area (Å²) in [4.78, 5) is 10.2. The molecule has 0 atom stereocenters. The van der Waals surface area contributed by atoms with Crippen molar-refractivity contribution in [1.29, 1.82) is 0 Å². The number of aldehydes is 1. The summed E-state index contributed by atoms with van der Waals surface area (Å²) in [5.74, 6) is 1.83. The van der Waals surface area contributed by atoms with Gasteiger partial charge >= 0.3 is 0 Å². The molecule has 0 aliphatic heterocycles. The third kappa shape index (κ3) is 5.47. The highest BCUT2D eigenvalue weighted by Gasteiger charge is 2.15. The molecule has 0 aromatic heterocycles. The highest BCUT2D eigenvalue weighted by atomic mass is 27.0. The van der Waals surface area contributed by atoms with E-state index in [9.17, 15) is 4.79 Å². The van der Waals surface area contributed by atoms with Crippen LogP contribution in [0.25, 0.3) is 0 Å². The van der Waals surface area contributed by atoms with Crippen molar-refractivity contribution in [1.82, 2.24) is 0 Å². The number of rotatable bonds is 4. The van der Waals surface area contributed by atoms with Gasteiger partial charge in [0.05, 0.1) is 0 Å². The van der Waals surface area contributed by atoms with Crippen molar-refractivity contribution in [2.24, 2.45) is 17.8 Å². The van der Waals surface area contributed by atoms with Gasteiger partial charge in [0.25, 0.3) is 0 Å². The molecule has 0 bridgehead atoms. The summed E-state index contributed by atoms with van der Waals surface area (Å²) in [7, 11) is 0. The summed E-state index contributed by atoms with van der Waals surface area (Å²) in [5.41, 5.74) is 0. The van der Waals surface area contributed by atoms with Crippen LogP contribution in [0.5, 0.6) is 0 Å². The second-order valence-electron chi connectivity index (χ2n) is 3.55.